The summed E-state index contributed by atoms with van der Waals surface area (Å²) in [6.07, 6.45) is 6.76. The Bertz CT molecular complexity index is 953. The van der Waals surface area contributed by atoms with Crippen LogP contribution in [0.1, 0.15) is 85.6 Å². The molecule has 1 aliphatic rings. The number of nitrogens with one attached hydrogen (secondary N) is 2. The molecule has 0 radical (unpaired) electrons. The van der Waals surface area contributed by atoms with Crippen LogP contribution in [0, 0.1) is 23.2 Å². The first kappa shape index (κ1) is 36.8. The highest BCUT2D eigenvalue weighted by atomic mass is 16.5. The number of carbonyl (C=O) groups is 2. The van der Waals surface area contributed by atoms with Crippen molar-refractivity contribution in [2.45, 2.75) is 92.5 Å². The van der Waals surface area contributed by atoms with Gasteiger partial charge in [0, 0.05) is 33.2 Å². The van der Waals surface area contributed by atoms with E-state index in [1.165, 1.54) is 5.56 Å². The van der Waals surface area contributed by atoms with E-state index in [-0.39, 0.29) is 29.6 Å². The summed E-state index contributed by atoms with van der Waals surface area (Å²) >= 11 is 0. The normalized spacial score (nSPS) is 15.1. The van der Waals surface area contributed by atoms with Crippen LogP contribution in [0.15, 0.2) is 18.2 Å². The minimum atomic E-state index is -0.592. The van der Waals surface area contributed by atoms with Gasteiger partial charge in [-0.25, -0.2) is 5.01 Å². The molecule has 9 nitrogen and oxygen atoms in total. The van der Waals surface area contributed by atoms with Crippen LogP contribution >= 0.6 is 0 Å². The summed E-state index contributed by atoms with van der Waals surface area (Å²) in [6.45, 7) is 16.2. The zero-order valence-corrected chi connectivity index (χ0v) is 28.1. The fraction of sp³-hybridized carbons (Fsp3) is 0.765. The van der Waals surface area contributed by atoms with Crippen molar-refractivity contribution in [1.82, 2.24) is 15.8 Å². The van der Waals surface area contributed by atoms with Crippen molar-refractivity contribution >= 4 is 11.8 Å². The van der Waals surface area contributed by atoms with Crippen LogP contribution in [0.25, 0.3) is 0 Å². The third-order valence-corrected chi connectivity index (χ3v) is 8.78. The molecule has 1 aliphatic heterocycles. The van der Waals surface area contributed by atoms with E-state index < -0.39 is 11.5 Å². The highest BCUT2D eigenvalue weighted by molar-refractivity contribution is 5.90. The van der Waals surface area contributed by atoms with Crippen LogP contribution in [0.3, 0.4) is 0 Å². The summed E-state index contributed by atoms with van der Waals surface area (Å²) in [5.41, 5.74) is 3.69. The Hall–Kier alpha value is -2.36. The zero-order chi connectivity index (χ0) is 31.8. The second kappa shape index (κ2) is 19.1. The summed E-state index contributed by atoms with van der Waals surface area (Å²) in [6, 6.07) is 5.57. The molecule has 43 heavy (non-hydrogen) atoms. The molecule has 1 aromatic carbocycles. The maximum atomic E-state index is 14.0. The third-order valence-electron chi connectivity index (χ3n) is 8.78. The van der Waals surface area contributed by atoms with Crippen molar-refractivity contribution in [3.05, 3.63) is 23.8 Å². The molecule has 1 saturated heterocycles. The van der Waals surface area contributed by atoms with Gasteiger partial charge in [0.25, 0.3) is 5.91 Å². The van der Waals surface area contributed by atoms with Crippen LogP contribution in [-0.2, 0) is 25.5 Å². The Balaban J connectivity index is 1.94. The van der Waals surface area contributed by atoms with Crippen molar-refractivity contribution in [1.29, 1.82) is 0 Å². The Morgan fingerprint density at radius 3 is 2.19 bits per heavy atom. The van der Waals surface area contributed by atoms with Crippen molar-refractivity contribution in [2.24, 2.45) is 23.2 Å². The number of rotatable bonds is 20. The van der Waals surface area contributed by atoms with Crippen LogP contribution in [0.2, 0.25) is 0 Å². The van der Waals surface area contributed by atoms with Gasteiger partial charge in [-0.3, -0.25) is 15.0 Å². The van der Waals surface area contributed by atoms with E-state index >= 15 is 0 Å². The molecule has 1 atom stereocenters. The quantitative estimate of drug-likeness (QED) is 0.192. The number of hydrazine groups is 1. The number of hydrogen-bond acceptors (Lipinski definition) is 7. The van der Waals surface area contributed by atoms with Gasteiger partial charge in [-0.15, -0.1) is 0 Å². The Morgan fingerprint density at radius 2 is 1.58 bits per heavy atom. The summed E-state index contributed by atoms with van der Waals surface area (Å²) in [5, 5.41) is 5.06. The molecule has 0 aromatic heterocycles. The summed E-state index contributed by atoms with van der Waals surface area (Å²) in [5.74, 6) is 1.61. The molecule has 0 unspecified atom stereocenters. The number of morpholine rings is 1. The number of methoxy groups -OCH3 is 2. The number of amides is 2. The lowest BCUT2D eigenvalue weighted by Crippen LogP contribution is -2.59. The van der Waals surface area contributed by atoms with Gasteiger partial charge in [-0.1, -0.05) is 66.9 Å². The van der Waals surface area contributed by atoms with E-state index in [1.54, 1.807) is 14.2 Å². The lowest BCUT2D eigenvalue weighted by Gasteiger charge is -2.41. The Morgan fingerprint density at radius 1 is 0.907 bits per heavy atom. The van der Waals surface area contributed by atoms with Gasteiger partial charge < -0.3 is 24.3 Å². The SMILES string of the molecule is COCCCOc1cc(CCCCCCC(C(=O)N[C@H](C(=O)NN2CCOCC2)C(C)C)(C(C)C)C(C)C)ccc1OC. The van der Waals surface area contributed by atoms with Gasteiger partial charge in [0.05, 0.1) is 32.3 Å². The molecule has 0 saturated carbocycles. The smallest absolute Gasteiger partial charge is 0.257 e. The largest absolute Gasteiger partial charge is 0.493 e. The summed E-state index contributed by atoms with van der Waals surface area (Å²) in [4.78, 5) is 27.2. The number of ether oxygens (including phenoxy) is 4. The molecule has 2 N–H and O–H groups in total. The van der Waals surface area contributed by atoms with Gasteiger partial charge in [0.15, 0.2) is 11.5 Å². The molecule has 246 valence electrons. The van der Waals surface area contributed by atoms with Crippen molar-refractivity contribution in [3.8, 4) is 11.5 Å². The van der Waals surface area contributed by atoms with Gasteiger partial charge in [0.2, 0.25) is 5.91 Å². The number of nitrogens with zero attached hydrogens (tertiary/aromatic N) is 1. The zero-order valence-electron chi connectivity index (χ0n) is 28.1. The van der Waals surface area contributed by atoms with Crippen LogP contribution in [0.4, 0.5) is 0 Å². The van der Waals surface area contributed by atoms with Crippen molar-refractivity contribution < 1.29 is 28.5 Å². The second-order valence-electron chi connectivity index (χ2n) is 12.7. The first-order valence-electron chi connectivity index (χ1n) is 16.3. The Labute approximate surface area is 260 Å². The molecule has 1 fully saturated rings. The average molecular weight is 606 g/mol. The predicted octanol–water partition coefficient (Wildman–Crippen LogP) is 5.41. The lowest BCUT2D eigenvalue weighted by molar-refractivity contribution is -0.143. The second-order valence-corrected chi connectivity index (χ2v) is 12.7. The minimum Gasteiger partial charge on any atom is -0.493 e. The van der Waals surface area contributed by atoms with Gasteiger partial charge in [0.1, 0.15) is 6.04 Å². The molecule has 9 heteroatoms. The van der Waals surface area contributed by atoms with E-state index in [9.17, 15) is 9.59 Å². The molecule has 0 aliphatic carbocycles. The maximum Gasteiger partial charge on any atom is 0.257 e. The third kappa shape index (κ3) is 11.3. The van der Waals surface area contributed by atoms with Crippen LogP contribution < -0.4 is 20.2 Å². The number of hydrogen-bond donors (Lipinski definition) is 2. The molecule has 0 bridgehead atoms. The standard InChI is InChI=1S/C34H59N3O6/c1-25(2)31(32(38)36-37-18-22-42-23-19-37)35-33(39)34(26(3)4,27(5)6)17-12-10-9-11-14-28-15-16-29(41-8)30(24-28)43-21-13-20-40-7/h15-16,24-27,31H,9-14,17-23H2,1-8H3,(H,35,39)(H,36,38)/t31-/m0/s1. The predicted molar refractivity (Wildman–Crippen MR) is 171 cm³/mol. The van der Waals surface area contributed by atoms with Gasteiger partial charge in [-0.2, -0.15) is 0 Å². The van der Waals surface area contributed by atoms with E-state index in [0.29, 0.717) is 39.5 Å². The van der Waals surface area contributed by atoms with Gasteiger partial charge >= 0.3 is 0 Å². The number of unbranched alkanes of at least 4 members (excludes halogenated alkanes) is 3. The Kier molecular flexibility index (Phi) is 16.4. The van der Waals surface area contributed by atoms with Crippen LogP contribution in [-0.4, -0.2) is 76.6 Å². The van der Waals surface area contributed by atoms with E-state index in [4.69, 9.17) is 18.9 Å². The number of carbonyl (C=O) groups excluding carboxylic acids is 2. The first-order chi connectivity index (χ1) is 20.6. The highest BCUT2D eigenvalue weighted by Crippen LogP contribution is 2.41. The maximum absolute atomic E-state index is 14.0. The van der Waals surface area contributed by atoms with Crippen LogP contribution in [0.5, 0.6) is 11.5 Å². The molecular weight excluding hydrogens is 546 g/mol. The van der Waals surface area contributed by atoms with Crippen molar-refractivity contribution in [3.63, 3.8) is 0 Å². The molecule has 1 heterocycles. The fourth-order valence-electron chi connectivity index (χ4n) is 6.07. The molecule has 0 spiro atoms. The number of aryl methyl sites for hydroxylation is 1. The molecule has 2 amide bonds. The van der Waals surface area contributed by atoms with E-state index in [2.05, 4.69) is 50.6 Å². The molecule has 1 aromatic rings. The van der Waals surface area contributed by atoms with Gasteiger partial charge in [-0.05, 0) is 54.7 Å². The van der Waals surface area contributed by atoms with E-state index in [0.717, 1.165) is 56.4 Å². The monoisotopic (exact) mass is 605 g/mol. The first-order valence-corrected chi connectivity index (χ1v) is 16.3. The lowest BCUT2D eigenvalue weighted by atomic mass is 9.65. The summed E-state index contributed by atoms with van der Waals surface area (Å²) in [7, 11) is 3.35. The van der Waals surface area contributed by atoms with Crippen molar-refractivity contribution in [2.75, 3.05) is 53.7 Å². The molecule has 2 rings (SSSR count). The summed E-state index contributed by atoms with van der Waals surface area (Å²) < 4.78 is 21.9. The van der Waals surface area contributed by atoms with E-state index in [1.807, 2.05) is 24.9 Å². The highest BCUT2D eigenvalue weighted by Gasteiger charge is 2.45. The fourth-order valence-corrected chi connectivity index (χ4v) is 6.07. The topological polar surface area (TPSA) is 98.4 Å². The average Bonchev–Trinajstić information content (AvgIpc) is 2.97. The minimum absolute atomic E-state index is 0.00964. The molecular formula is C34H59N3O6. The number of benzene rings is 1.